The van der Waals surface area contributed by atoms with E-state index in [1.165, 1.54) is 19.9 Å². The number of rotatable bonds is 4. The van der Waals surface area contributed by atoms with Gasteiger partial charge in [0.15, 0.2) is 10.7 Å². The van der Waals surface area contributed by atoms with Crippen molar-refractivity contribution in [2.24, 2.45) is 0 Å². The van der Waals surface area contributed by atoms with E-state index in [0.29, 0.717) is 5.56 Å². The monoisotopic (exact) mass is 310 g/mol. The maximum atomic E-state index is 12.4. The van der Waals surface area contributed by atoms with E-state index in [-0.39, 0.29) is 27.6 Å². The number of carboxylic acids is 1. The average Bonchev–Trinajstić information content (AvgIpc) is 2.68. The number of aromatic carboxylic acids is 1. The van der Waals surface area contributed by atoms with Crippen LogP contribution in [-0.2, 0) is 10.0 Å². The highest BCUT2D eigenvalue weighted by Crippen LogP contribution is 2.25. The molecule has 1 aromatic heterocycles. The highest BCUT2D eigenvalue weighted by atomic mass is 32.2. The standard InChI is InChI=1S/C13H14N2O5S/c1-7-5-4-6-10(11(7)13(16)17)15-21(18,19)12-8(2)14-20-9(12)3/h4-6,15H,1-3H3,(H,16,17). The Kier molecular flexibility index (Phi) is 3.73. The van der Waals surface area contributed by atoms with Crippen molar-refractivity contribution in [2.45, 2.75) is 25.7 Å². The molecule has 0 saturated carbocycles. The fraction of sp³-hybridized carbons (Fsp3) is 0.231. The van der Waals surface area contributed by atoms with Crippen LogP contribution in [0.15, 0.2) is 27.6 Å². The van der Waals surface area contributed by atoms with Gasteiger partial charge in [-0.1, -0.05) is 17.3 Å². The fourth-order valence-electron chi connectivity index (χ4n) is 2.09. The summed E-state index contributed by atoms with van der Waals surface area (Å²) in [5, 5.41) is 12.8. The lowest BCUT2D eigenvalue weighted by Gasteiger charge is -2.11. The number of sulfonamides is 1. The van der Waals surface area contributed by atoms with Crippen molar-refractivity contribution in [1.82, 2.24) is 5.16 Å². The zero-order chi connectivity index (χ0) is 15.8. The number of hydrogen-bond acceptors (Lipinski definition) is 5. The number of nitrogens with one attached hydrogen (secondary N) is 1. The molecule has 0 aliphatic rings. The third-order valence-corrected chi connectivity index (χ3v) is 4.58. The van der Waals surface area contributed by atoms with Crippen LogP contribution in [0.25, 0.3) is 0 Å². The number of aryl methyl sites for hydroxylation is 3. The van der Waals surface area contributed by atoms with Crippen molar-refractivity contribution < 1.29 is 22.8 Å². The molecule has 0 saturated heterocycles. The van der Waals surface area contributed by atoms with Crippen molar-refractivity contribution in [3.05, 3.63) is 40.8 Å². The molecule has 0 fully saturated rings. The molecule has 0 unspecified atom stereocenters. The van der Waals surface area contributed by atoms with Crippen LogP contribution in [0.5, 0.6) is 0 Å². The average molecular weight is 310 g/mol. The smallest absolute Gasteiger partial charge is 0.338 e. The molecule has 0 aliphatic carbocycles. The summed E-state index contributed by atoms with van der Waals surface area (Å²) >= 11 is 0. The number of carboxylic acid groups (broad SMARTS) is 1. The fourth-order valence-corrected chi connectivity index (χ4v) is 3.49. The third-order valence-electron chi connectivity index (χ3n) is 2.97. The van der Waals surface area contributed by atoms with Gasteiger partial charge in [0, 0.05) is 0 Å². The molecule has 1 aromatic carbocycles. The molecule has 0 bridgehead atoms. The van der Waals surface area contributed by atoms with E-state index in [9.17, 15) is 18.3 Å². The molecule has 7 nitrogen and oxygen atoms in total. The van der Waals surface area contributed by atoms with Crippen LogP contribution in [0.2, 0.25) is 0 Å². The Bertz CT molecular complexity index is 788. The SMILES string of the molecule is Cc1cccc(NS(=O)(=O)c2c(C)noc2C)c1C(=O)O. The second-order valence-electron chi connectivity index (χ2n) is 4.56. The van der Waals surface area contributed by atoms with Gasteiger partial charge in [0.2, 0.25) is 0 Å². The van der Waals surface area contributed by atoms with Gasteiger partial charge in [-0.15, -0.1) is 0 Å². The number of nitrogens with zero attached hydrogens (tertiary/aromatic N) is 1. The molecule has 0 amide bonds. The highest BCUT2D eigenvalue weighted by molar-refractivity contribution is 7.92. The summed E-state index contributed by atoms with van der Waals surface area (Å²) in [5.41, 5.74) is 0.585. The van der Waals surface area contributed by atoms with Crippen LogP contribution < -0.4 is 4.72 Å². The van der Waals surface area contributed by atoms with Gasteiger partial charge >= 0.3 is 5.97 Å². The normalized spacial score (nSPS) is 11.4. The molecule has 0 radical (unpaired) electrons. The minimum atomic E-state index is -3.97. The van der Waals surface area contributed by atoms with Crippen LogP contribution >= 0.6 is 0 Å². The van der Waals surface area contributed by atoms with E-state index in [2.05, 4.69) is 9.88 Å². The lowest BCUT2D eigenvalue weighted by molar-refractivity contribution is 0.0697. The molecule has 0 aliphatic heterocycles. The third kappa shape index (κ3) is 2.75. The van der Waals surface area contributed by atoms with Crippen LogP contribution in [0.4, 0.5) is 5.69 Å². The first kappa shape index (κ1) is 15.0. The Hall–Kier alpha value is -2.35. The first-order valence-corrected chi connectivity index (χ1v) is 7.51. The van der Waals surface area contributed by atoms with E-state index >= 15 is 0 Å². The van der Waals surface area contributed by atoms with Crippen molar-refractivity contribution in [3.63, 3.8) is 0 Å². The van der Waals surface area contributed by atoms with E-state index in [1.54, 1.807) is 19.1 Å². The second kappa shape index (κ2) is 5.21. The Labute approximate surface area is 121 Å². The molecule has 2 aromatic rings. The van der Waals surface area contributed by atoms with Crippen molar-refractivity contribution in [3.8, 4) is 0 Å². The maximum absolute atomic E-state index is 12.4. The Morgan fingerprint density at radius 2 is 1.95 bits per heavy atom. The lowest BCUT2D eigenvalue weighted by Crippen LogP contribution is -2.17. The van der Waals surface area contributed by atoms with Gasteiger partial charge in [-0.3, -0.25) is 4.72 Å². The van der Waals surface area contributed by atoms with E-state index in [1.807, 2.05) is 0 Å². The summed E-state index contributed by atoms with van der Waals surface area (Å²) in [7, 11) is -3.97. The van der Waals surface area contributed by atoms with Gasteiger partial charge in [0.25, 0.3) is 10.0 Å². The van der Waals surface area contributed by atoms with Gasteiger partial charge in [0.05, 0.1) is 11.3 Å². The van der Waals surface area contributed by atoms with Crippen molar-refractivity contribution >= 4 is 21.7 Å². The van der Waals surface area contributed by atoms with Crippen LogP contribution in [0.3, 0.4) is 0 Å². The highest BCUT2D eigenvalue weighted by Gasteiger charge is 2.26. The van der Waals surface area contributed by atoms with Gasteiger partial charge < -0.3 is 9.63 Å². The summed E-state index contributed by atoms with van der Waals surface area (Å²) in [6, 6.07) is 4.57. The molecule has 112 valence electrons. The largest absolute Gasteiger partial charge is 0.478 e. The first-order chi connectivity index (χ1) is 9.74. The second-order valence-corrected chi connectivity index (χ2v) is 6.18. The van der Waals surface area contributed by atoms with Gasteiger partial charge in [-0.25, -0.2) is 13.2 Å². The summed E-state index contributed by atoms with van der Waals surface area (Å²) < 4.78 is 31.9. The van der Waals surface area contributed by atoms with Crippen molar-refractivity contribution in [2.75, 3.05) is 4.72 Å². The Morgan fingerprint density at radius 1 is 1.29 bits per heavy atom. The number of benzene rings is 1. The molecule has 8 heteroatoms. The Morgan fingerprint density at radius 3 is 2.48 bits per heavy atom. The number of aromatic nitrogens is 1. The summed E-state index contributed by atoms with van der Waals surface area (Å²) in [6.45, 7) is 4.57. The lowest BCUT2D eigenvalue weighted by atomic mass is 10.1. The van der Waals surface area contributed by atoms with Crippen molar-refractivity contribution in [1.29, 1.82) is 0 Å². The molecule has 0 atom stereocenters. The quantitative estimate of drug-likeness (QED) is 0.895. The predicted molar refractivity (Wildman–Crippen MR) is 74.9 cm³/mol. The zero-order valence-electron chi connectivity index (χ0n) is 11.7. The minimum Gasteiger partial charge on any atom is -0.478 e. The molecule has 2 rings (SSSR count). The molecular weight excluding hydrogens is 296 g/mol. The van der Waals surface area contributed by atoms with E-state index < -0.39 is 16.0 Å². The van der Waals surface area contributed by atoms with Crippen LogP contribution in [0, 0.1) is 20.8 Å². The molecule has 2 N–H and O–H groups in total. The first-order valence-electron chi connectivity index (χ1n) is 6.02. The zero-order valence-corrected chi connectivity index (χ0v) is 12.5. The topological polar surface area (TPSA) is 110 Å². The number of anilines is 1. The Balaban J connectivity index is 2.53. The summed E-state index contributed by atoms with van der Waals surface area (Å²) in [4.78, 5) is 11.2. The molecule has 1 heterocycles. The predicted octanol–water partition coefficient (Wildman–Crippen LogP) is 2.10. The molecule has 0 spiro atoms. The van der Waals surface area contributed by atoms with E-state index in [4.69, 9.17) is 4.52 Å². The van der Waals surface area contributed by atoms with Gasteiger partial charge in [-0.05, 0) is 32.4 Å². The van der Waals surface area contributed by atoms with Gasteiger partial charge in [0.1, 0.15) is 5.69 Å². The molecular formula is C13H14N2O5S. The maximum Gasteiger partial charge on any atom is 0.338 e. The van der Waals surface area contributed by atoms with Crippen LogP contribution in [0.1, 0.15) is 27.4 Å². The number of hydrogen-bond donors (Lipinski definition) is 2. The summed E-state index contributed by atoms with van der Waals surface area (Å²) in [5.74, 6) is -1.06. The minimum absolute atomic E-state index is 0.00231. The van der Waals surface area contributed by atoms with Gasteiger partial charge in [-0.2, -0.15) is 0 Å². The molecule has 21 heavy (non-hydrogen) atoms. The van der Waals surface area contributed by atoms with E-state index in [0.717, 1.165) is 0 Å². The van der Waals surface area contributed by atoms with Crippen LogP contribution in [-0.4, -0.2) is 24.7 Å². The summed E-state index contributed by atoms with van der Waals surface area (Å²) in [6.07, 6.45) is 0. The number of carbonyl (C=O) groups is 1.